The van der Waals surface area contributed by atoms with Crippen LogP contribution < -0.4 is 10.6 Å². The van der Waals surface area contributed by atoms with Crippen LogP contribution in [0.5, 0.6) is 0 Å². The fourth-order valence-corrected chi connectivity index (χ4v) is 1.47. The topological polar surface area (TPSA) is 109 Å². The number of amides is 2. The highest BCUT2D eigenvalue weighted by Gasteiger charge is 2.13. The number of nitrogens with one attached hydrogen (secondary N) is 2. The molecule has 0 aliphatic carbocycles. The molecule has 7 nitrogen and oxygen atoms in total. The van der Waals surface area contributed by atoms with E-state index in [1.165, 1.54) is 13.0 Å². The number of carbonyl (C=O) groups is 3. The molecule has 0 unspecified atom stereocenters. The lowest BCUT2D eigenvalue weighted by Crippen LogP contribution is -2.29. The zero-order valence-electron chi connectivity index (χ0n) is 10.8. The predicted octanol–water partition coefficient (Wildman–Crippen LogP) is 0.429. The minimum atomic E-state index is -1.07. The summed E-state index contributed by atoms with van der Waals surface area (Å²) in [6.07, 6.45) is 0.158. The van der Waals surface area contributed by atoms with E-state index in [2.05, 4.69) is 10.6 Å². The summed E-state index contributed by atoms with van der Waals surface area (Å²) in [6.45, 7) is 3.30. The Labute approximate surface area is 110 Å². The van der Waals surface area contributed by atoms with Crippen molar-refractivity contribution in [3.63, 3.8) is 0 Å². The molecule has 0 aliphatic heterocycles. The van der Waals surface area contributed by atoms with Gasteiger partial charge in [-0.1, -0.05) is 0 Å². The third-order valence-corrected chi connectivity index (χ3v) is 2.39. The van der Waals surface area contributed by atoms with Crippen molar-refractivity contribution in [1.29, 1.82) is 0 Å². The van der Waals surface area contributed by atoms with Crippen LogP contribution in [0.3, 0.4) is 0 Å². The van der Waals surface area contributed by atoms with E-state index in [0.717, 1.165) is 0 Å². The van der Waals surface area contributed by atoms with Crippen LogP contribution in [-0.2, 0) is 16.1 Å². The summed E-state index contributed by atoms with van der Waals surface area (Å²) in [5, 5.41) is 13.9. The molecule has 1 heterocycles. The van der Waals surface area contributed by atoms with Crippen molar-refractivity contribution in [3.05, 3.63) is 23.2 Å². The van der Waals surface area contributed by atoms with Crippen LogP contribution >= 0.6 is 0 Å². The van der Waals surface area contributed by atoms with Crippen LogP contribution in [0.1, 0.15) is 35.2 Å². The summed E-state index contributed by atoms with van der Waals surface area (Å²) in [7, 11) is 0. The maximum Gasteiger partial charge on any atom is 0.339 e. The van der Waals surface area contributed by atoms with Gasteiger partial charge in [-0.05, 0) is 13.0 Å². The molecule has 0 saturated heterocycles. The summed E-state index contributed by atoms with van der Waals surface area (Å²) in [5.41, 5.74) is 0.0856. The second kappa shape index (κ2) is 6.58. The Bertz CT molecular complexity index is 492. The van der Waals surface area contributed by atoms with Crippen LogP contribution in [0.2, 0.25) is 0 Å². The van der Waals surface area contributed by atoms with Gasteiger partial charge in [-0.15, -0.1) is 0 Å². The molecular weight excluding hydrogens is 252 g/mol. The highest BCUT2D eigenvalue weighted by atomic mass is 16.4. The molecule has 0 radical (unpaired) electrons. The average molecular weight is 268 g/mol. The molecule has 0 fully saturated rings. The van der Waals surface area contributed by atoms with E-state index in [0.29, 0.717) is 11.5 Å². The molecule has 2 amide bonds. The molecule has 1 rings (SSSR count). The van der Waals surface area contributed by atoms with E-state index in [4.69, 9.17) is 9.52 Å². The SMILES string of the molecule is CC(=O)NCCC(=O)NCc1cc(C(=O)O)c(C)o1. The first kappa shape index (κ1) is 14.7. The maximum absolute atomic E-state index is 11.4. The number of furan rings is 1. The van der Waals surface area contributed by atoms with Crippen molar-refractivity contribution in [2.75, 3.05) is 6.54 Å². The Morgan fingerprint density at radius 3 is 2.53 bits per heavy atom. The largest absolute Gasteiger partial charge is 0.478 e. The van der Waals surface area contributed by atoms with Crippen LogP contribution in [0.25, 0.3) is 0 Å². The van der Waals surface area contributed by atoms with Crippen molar-refractivity contribution in [1.82, 2.24) is 10.6 Å². The van der Waals surface area contributed by atoms with Gasteiger partial charge >= 0.3 is 5.97 Å². The first-order valence-corrected chi connectivity index (χ1v) is 5.74. The minimum absolute atomic E-state index is 0.0856. The average Bonchev–Trinajstić information content (AvgIpc) is 2.67. The maximum atomic E-state index is 11.4. The molecule has 0 aliphatic rings. The molecular formula is C12H16N2O5. The standard InChI is InChI=1S/C12H16N2O5/c1-7-10(12(17)18)5-9(19-7)6-14-11(16)3-4-13-8(2)15/h5H,3-4,6H2,1-2H3,(H,13,15)(H,14,16)(H,17,18). The number of carboxylic acids is 1. The predicted molar refractivity (Wildman–Crippen MR) is 65.6 cm³/mol. The molecule has 0 bridgehead atoms. The summed E-state index contributed by atoms with van der Waals surface area (Å²) >= 11 is 0. The van der Waals surface area contributed by atoms with Crippen molar-refractivity contribution in [3.8, 4) is 0 Å². The number of carbonyl (C=O) groups excluding carboxylic acids is 2. The summed E-state index contributed by atoms with van der Waals surface area (Å²) < 4.78 is 5.20. The lowest BCUT2D eigenvalue weighted by molar-refractivity contribution is -0.121. The molecule has 1 aromatic rings. The lowest BCUT2D eigenvalue weighted by Gasteiger charge is -2.03. The van der Waals surface area contributed by atoms with Gasteiger partial charge in [-0.25, -0.2) is 4.79 Å². The Morgan fingerprint density at radius 1 is 1.32 bits per heavy atom. The van der Waals surface area contributed by atoms with Gasteiger partial charge in [0, 0.05) is 19.9 Å². The molecule has 0 saturated carbocycles. The molecule has 1 aromatic heterocycles. The molecule has 0 spiro atoms. The van der Waals surface area contributed by atoms with Gasteiger partial charge in [0.2, 0.25) is 11.8 Å². The van der Waals surface area contributed by atoms with E-state index in [1.54, 1.807) is 6.92 Å². The van der Waals surface area contributed by atoms with Gasteiger partial charge in [0.25, 0.3) is 0 Å². The van der Waals surface area contributed by atoms with Crippen molar-refractivity contribution in [2.24, 2.45) is 0 Å². The van der Waals surface area contributed by atoms with E-state index < -0.39 is 5.97 Å². The highest BCUT2D eigenvalue weighted by Crippen LogP contribution is 2.14. The van der Waals surface area contributed by atoms with Gasteiger partial charge in [0.05, 0.1) is 6.54 Å². The third-order valence-electron chi connectivity index (χ3n) is 2.39. The van der Waals surface area contributed by atoms with Crippen molar-refractivity contribution in [2.45, 2.75) is 26.8 Å². The van der Waals surface area contributed by atoms with E-state index in [-0.39, 0.29) is 36.9 Å². The number of carboxylic acid groups (broad SMARTS) is 1. The molecule has 104 valence electrons. The van der Waals surface area contributed by atoms with Gasteiger partial charge in [0.15, 0.2) is 0 Å². The van der Waals surface area contributed by atoms with Crippen LogP contribution in [0, 0.1) is 6.92 Å². The van der Waals surface area contributed by atoms with Crippen LogP contribution in [0.15, 0.2) is 10.5 Å². The van der Waals surface area contributed by atoms with Crippen LogP contribution in [0.4, 0.5) is 0 Å². The first-order chi connectivity index (χ1) is 8.90. The second-order valence-corrected chi connectivity index (χ2v) is 4.00. The molecule has 0 atom stereocenters. The quantitative estimate of drug-likeness (QED) is 0.693. The Kier molecular flexibility index (Phi) is 5.11. The number of aryl methyl sites for hydroxylation is 1. The van der Waals surface area contributed by atoms with Crippen LogP contribution in [-0.4, -0.2) is 29.4 Å². The first-order valence-electron chi connectivity index (χ1n) is 5.74. The highest BCUT2D eigenvalue weighted by molar-refractivity contribution is 5.88. The van der Waals surface area contributed by atoms with Gasteiger partial charge in [-0.2, -0.15) is 0 Å². The van der Waals surface area contributed by atoms with Gasteiger partial charge in [0.1, 0.15) is 17.1 Å². The van der Waals surface area contributed by atoms with E-state index in [9.17, 15) is 14.4 Å². The fourth-order valence-electron chi connectivity index (χ4n) is 1.47. The number of aromatic carboxylic acids is 1. The lowest BCUT2D eigenvalue weighted by atomic mass is 10.2. The zero-order chi connectivity index (χ0) is 14.4. The van der Waals surface area contributed by atoms with E-state index in [1.807, 2.05) is 0 Å². The second-order valence-electron chi connectivity index (χ2n) is 4.00. The Balaban J connectivity index is 2.40. The smallest absolute Gasteiger partial charge is 0.339 e. The fraction of sp³-hybridized carbons (Fsp3) is 0.417. The Hall–Kier alpha value is -2.31. The third kappa shape index (κ3) is 4.82. The van der Waals surface area contributed by atoms with E-state index >= 15 is 0 Å². The number of hydrogen-bond acceptors (Lipinski definition) is 4. The monoisotopic (exact) mass is 268 g/mol. The summed E-state index contributed by atoms with van der Waals surface area (Å²) in [4.78, 5) is 32.8. The summed E-state index contributed by atoms with van der Waals surface area (Å²) in [6, 6.07) is 1.38. The number of hydrogen-bond donors (Lipinski definition) is 3. The molecule has 3 N–H and O–H groups in total. The molecule has 19 heavy (non-hydrogen) atoms. The normalized spacial score (nSPS) is 10.0. The molecule has 7 heteroatoms. The molecule has 0 aromatic carbocycles. The van der Waals surface area contributed by atoms with Gasteiger partial charge in [-0.3, -0.25) is 9.59 Å². The minimum Gasteiger partial charge on any atom is -0.478 e. The number of rotatable bonds is 6. The zero-order valence-corrected chi connectivity index (χ0v) is 10.8. The Morgan fingerprint density at radius 2 is 2.00 bits per heavy atom. The summed E-state index contributed by atoms with van der Waals surface area (Å²) in [5.74, 6) is -0.831. The van der Waals surface area contributed by atoms with Crippen molar-refractivity contribution >= 4 is 17.8 Å². The van der Waals surface area contributed by atoms with Crippen molar-refractivity contribution < 1.29 is 23.9 Å². The van der Waals surface area contributed by atoms with Gasteiger partial charge < -0.3 is 20.2 Å².